The Bertz CT molecular complexity index is 4780. The van der Waals surface area contributed by atoms with Gasteiger partial charge in [0, 0.05) is 38.8 Å². The Morgan fingerprint density at radius 1 is 0.296 bits per heavy atom. The van der Waals surface area contributed by atoms with Gasteiger partial charge in [-0.05, 0) is 193 Å². The van der Waals surface area contributed by atoms with E-state index in [-0.39, 0.29) is 5.41 Å². The predicted octanol–water partition coefficient (Wildman–Crippen LogP) is 27.2. The molecule has 0 radical (unpaired) electrons. The van der Waals surface area contributed by atoms with Crippen molar-refractivity contribution in [1.82, 2.24) is 0 Å². The molecule has 1 heterocycles. The zero-order chi connectivity index (χ0) is 68.6. The van der Waals surface area contributed by atoms with E-state index in [0.29, 0.717) is 33.2 Å². The van der Waals surface area contributed by atoms with E-state index in [4.69, 9.17) is 4.74 Å². The minimum atomic E-state index is -2.14. The van der Waals surface area contributed by atoms with E-state index in [1.807, 2.05) is 0 Å². The smallest absolute Gasteiger partial charge is 0.147 e. The number of para-hydroxylation sites is 2. The second-order valence-corrected chi connectivity index (χ2v) is 41.6. The molecule has 0 N–H and O–H groups in total. The van der Waals surface area contributed by atoms with Crippen molar-refractivity contribution in [3.05, 3.63) is 226 Å². The highest BCUT2D eigenvalue weighted by Gasteiger charge is 2.45. The first-order valence-corrected chi connectivity index (χ1v) is 41.6. The molecule has 492 valence electrons. The number of hydrogen-bond acceptors (Lipinski definition) is 1. The Hall–Kier alpha value is -8.81. The first-order valence-electron chi connectivity index (χ1n) is 37.1. The van der Waals surface area contributed by atoms with Crippen LogP contribution in [-0.4, -0.2) is 16.1 Å². The summed E-state index contributed by atoms with van der Waals surface area (Å²) in [4.78, 5) is 0. The largest absolute Gasteiger partial charge is 0.454 e. The van der Waals surface area contributed by atoms with Gasteiger partial charge in [0.1, 0.15) is 27.6 Å². The summed E-state index contributed by atoms with van der Waals surface area (Å²) in [6.45, 7) is 33.6. The molecular weight excluding hydrogens is 1210 g/mol. The van der Waals surface area contributed by atoms with Crippen molar-refractivity contribution in [3.63, 3.8) is 0 Å². The summed E-state index contributed by atoms with van der Waals surface area (Å²) in [6, 6.07) is 68.0. The van der Waals surface area contributed by atoms with E-state index in [9.17, 15) is 0 Å². The molecule has 0 aromatic heterocycles. The summed E-state index contributed by atoms with van der Waals surface area (Å²) >= 11 is 0. The van der Waals surface area contributed by atoms with E-state index in [2.05, 4.69) is 326 Å². The number of benzene rings is 12. The molecule has 1 nitrogen and oxygen atoms in total. The third kappa shape index (κ3) is 12.1. The summed E-state index contributed by atoms with van der Waals surface area (Å²) in [5, 5.41) is 18.7. The standard InChI is InChI=1S/C95H98OSi2/c1-15-17-19-29-51-95(52-30-20-18-16-2)91-43-31-41-69(45-47-79-83-55-71-33-21-25-37-75(71)59-87(83)81(49-53-97(63(3)4,64(5)6)65(7)8)88-60-76-38-26-22-34-72(76)56-84(79)88)93(91)96-94-70(42-32-44-92(94)95)46-48-80-85-57-73-35-23-27-39-77(73)61-89(85)82(50-54-98(66(9)10,67(11)12)68(13)14)90-62-78-40-28-24-36-74(78)58-86(80)90/h21-28,31-44,55-68H,15-20,29-30,51-52H2,1-14H3. The van der Waals surface area contributed by atoms with Gasteiger partial charge in [-0.2, -0.15) is 0 Å². The van der Waals surface area contributed by atoms with Crippen LogP contribution in [0.4, 0.5) is 0 Å². The van der Waals surface area contributed by atoms with E-state index in [1.165, 1.54) is 92.7 Å². The predicted molar refractivity (Wildman–Crippen MR) is 432 cm³/mol. The zero-order valence-electron chi connectivity index (χ0n) is 60.8. The Morgan fingerprint density at radius 3 is 0.796 bits per heavy atom. The average Bonchev–Trinajstić information content (AvgIpc) is 0.738. The van der Waals surface area contributed by atoms with Crippen molar-refractivity contribution in [3.8, 4) is 58.1 Å². The summed E-state index contributed by atoms with van der Waals surface area (Å²) in [6.07, 6.45) is 11.4. The van der Waals surface area contributed by atoms with Crippen LogP contribution in [0.25, 0.3) is 86.2 Å². The fourth-order valence-electron chi connectivity index (χ4n) is 18.1. The molecule has 0 aliphatic carbocycles. The molecule has 1 aliphatic heterocycles. The van der Waals surface area contributed by atoms with Gasteiger partial charge in [0.2, 0.25) is 0 Å². The lowest BCUT2D eigenvalue weighted by Gasteiger charge is -2.41. The van der Waals surface area contributed by atoms with Crippen molar-refractivity contribution in [2.24, 2.45) is 0 Å². The molecule has 98 heavy (non-hydrogen) atoms. The second-order valence-electron chi connectivity index (χ2n) is 30.4. The summed E-state index contributed by atoms with van der Waals surface area (Å²) < 4.78 is 7.75. The number of rotatable bonds is 16. The molecule has 0 saturated heterocycles. The van der Waals surface area contributed by atoms with Gasteiger partial charge in [0.25, 0.3) is 0 Å². The topological polar surface area (TPSA) is 9.23 Å². The Labute approximate surface area is 587 Å². The van der Waals surface area contributed by atoms with Gasteiger partial charge < -0.3 is 4.74 Å². The van der Waals surface area contributed by atoms with Crippen molar-refractivity contribution in [1.29, 1.82) is 0 Å². The lowest BCUT2D eigenvalue weighted by atomic mass is 9.65. The van der Waals surface area contributed by atoms with Crippen LogP contribution in [0.2, 0.25) is 33.2 Å². The molecule has 1 aliphatic rings. The van der Waals surface area contributed by atoms with Gasteiger partial charge in [-0.25, -0.2) is 0 Å². The molecule has 0 spiro atoms. The molecular formula is C95H98OSi2. The molecule has 0 atom stereocenters. The number of fused-ring (bicyclic) bond motifs is 10. The van der Waals surface area contributed by atoms with Crippen LogP contribution < -0.4 is 4.74 Å². The number of ether oxygens (including phenoxy) is 1. The van der Waals surface area contributed by atoms with Crippen molar-refractivity contribution in [2.45, 2.75) is 200 Å². The van der Waals surface area contributed by atoms with Crippen LogP contribution in [-0.2, 0) is 5.41 Å². The highest BCUT2D eigenvalue weighted by atomic mass is 28.3. The number of hydrogen-bond donors (Lipinski definition) is 0. The summed E-state index contributed by atoms with van der Waals surface area (Å²) in [5.74, 6) is 25.8. The lowest BCUT2D eigenvalue weighted by molar-refractivity contribution is 0.336. The van der Waals surface area contributed by atoms with Gasteiger partial charge in [0.05, 0.1) is 11.1 Å². The van der Waals surface area contributed by atoms with Crippen LogP contribution >= 0.6 is 0 Å². The maximum atomic E-state index is 7.75. The van der Waals surface area contributed by atoms with Crippen LogP contribution in [0, 0.1) is 46.6 Å². The quantitative estimate of drug-likeness (QED) is 0.0405. The first-order chi connectivity index (χ1) is 47.4. The summed E-state index contributed by atoms with van der Waals surface area (Å²) in [5.41, 5.74) is 19.5. The van der Waals surface area contributed by atoms with E-state index < -0.39 is 16.1 Å². The fraction of sp³-hybridized carbons (Fsp3) is 0.326. The van der Waals surface area contributed by atoms with Crippen LogP contribution in [0.15, 0.2) is 182 Å². The maximum Gasteiger partial charge on any atom is 0.147 e. The Morgan fingerprint density at radius 2 is 0.551 bits per heavy atom. The lowest BCUT2D eigenvalue weighted by Crippen LogP contribution is -2.43. The monoisotopic (exact) mass is 1310 g/mol. The molecule has 3 heteroatoms. The van der Waals surface area contributed by atoms with E-state index >= 15 is 0 Å². The normalized spacial score (nSPS) is 13.0. The Balaban J connectivity index is 1.06. The molecule has 12 aromatic rings. The molecule has 0 fully saturated rings. The molecule has 0 saturated carbocycles. The van der Waals surface area contributed by atoms with Gasteiger partial charge >= 0.3 is 0 Å². The van der Waals surface area contributed by atoms with Crippen molar-refractivity contribution in [2.75, 3.05) is 0 Å². The van der Waals surface area contributed by atoms with E-state index in [1.54, 1.807) is 0 Å². The third-order valence-corrected chi connectivity index (χ3v) is 35.6. The molecule has 0 amide bonds. The van der Waals surface area contributed by atoms with Gasteiger partial charge in [-0.1, -0.05) is 305 Å². The van der Waals surface area contributed by atoms with E-state index in [0.717, 1.165) is 114 Å². The first kappa shape index (κ1) is 67.7. The number of unbranched alkanes of at least 4 members (excludes halogenated alkanes) is 6. The van der Waals surface area contributed by atoms with Crippen molar-refractivity contribution < 1.29 is 4.74 Å². The Kier molecular flexibility index (Phi) is 19.5. The van der Waals surface area contributed by atoms with Gasteiger partial charge in [0.15, 0.2) is 0 Å². The van der Waals surface area contributed by atoms with Crippen LogP contribution in [0.1, 0.15) is 206 Å². The fourth-order valence-corrected chi connectivity index (χ4v) is 28.5. The van der Waals surface area contributed by atoms with Crippen molar-refractivity contribution >= 4 is 102 Å². The minimum absolute atomic E-state index is 0.337. The molecule has 0 bridgehead atoms. The minimum Gasteiger partial charge on any atom is -0.454 e. The molecule has 0 unspecified atom stereocenters. The van der Waals surface area contributed by atoms with Gasteiger partial charge in [-0.15, -0.1) is 11.1 Å². The second kappa shape index (κ2) is 28.2. The van der Waals surface area contributed by atoms with Gasteiger partial charge in [-0.3, -0.25) is 0 Å². The zero-order valence-corrected chi connectivity index (χ0v) is 62.8. The SMILES string of the molecule is CCCCCCC1(CCCCCC)c2cccc(C#Cc3c4cc5ccccc5cc4c(C#C[Si](C(C)C)(C(C)C)C(C)C)c4cc5ccccc5cc34)c2Oc2c(C#Cc3c4cc5ccccc5cc4c(C#C[Si](C(C)C)(C(C)C)C(C)C)c4cc5ccccc5cc34)cccc21. The molecule has 13 rings (SSSR count). The highest BCUT2D eigenvalue weighted by Crippen LogP contribution is 2.56. The van der Waals surface area contributed by atoms with Crippen LogP contribution in [0.3, 0.4) is 0 Å². The highest BCUT2D eigenvalue weighted by molar-refractivity contribution is 6.91. The molecule has 12 aromatic carbocycles. The third-order valence-electron chi connectivity index (χ3n) is 23.1. The maximum absolute atomic E-state index is 7.75. The average molecular weight is 1310 g/mol. The van der Waals surface area contributed by atoms with Crippen LogP contribution in [0.5, 0.6) is 11.5 Å². The summed E-state index contributed by atoms with van der Waals surface area (Å²) in [7, 11) is -4.29.